The van der Waals surface area contributed by atoms with Gasteiger partial charge in [0.15, 0.2) is 5.78 Å². The lowest BCUT2D eigenvalue weighted by atomic mass is 9.83. The lowest BCUT2D eigenvalue weighted by Crippen LogP contribution is -2.26. The molecule has 2 nitrogen and oxygen atoms in total. The van der Waals surface area contributed by atoms with Crippen LogP contribution in [0.5, 0.6) is 0 Å². The maximum atomic E-state index is 11.4. The summed E-state index contributed by atoms with van der Waals surface area (Å²) in [6.07, 6.45) is 1.29. The van der Waals surface area contributed by atoms with Gasteiger partial charge in [0.1, 0.15) is 6.10 Å². The van der Waals surface area contributed by atoms with E-state index in [1.807, 2.05) is 37.3 Å². The van der Waals surface area contributed by atoms with Crippen molar-refractivity contribution in [2.24, 2.45) is 5.92 Å². The first-order valence-electron chi connectivity index (χ1n) is 5.17. The Hall–Kier alpha value is -1.41. The lowest BCUT2D eigenvalue weighted by molar-refractivity contribution is -0.123. The predicted octanol–water partition coefficient (Wildman–Crippen LogP) is 2.04. The van der Waals surface area contributed by atoms with Crippen molar-refractivity contribution in [3.8, 4) is 0 Å². The molecule has 15 heavy (non-hydrogen) atoms. The Bertz CT molecular complexity index is 392. The molecule has 2 rings (SSSR count). The van der Waals surface area contributed by atoms with Crippen molar-refractivity contribution >= 4 is 11.4 Å². The summed E-state index contributed by atoms with van der Waals surface area (Å²) in [5.41, 5.74) is 2.11. The third-order valence-electron chi connectivity index (χ3n) is 2.84. The first-order valence-corrected chi connectivity index (χ1v) is 5.17. The van der Waals surface area contributed by atoms with Gasteiger partial charge in [0.05, 0.1) is 0 Å². The van der Waals surface area contributed by atoms with Crippen molar-refractivity contribution in [2.75, 3.05) is 0 Å². The minimum atomic E-state index is -0.813. The Labute approximate surface area is 89.2 Å². The quantitative estimate of drug-likeness (QED) is 0.756. The molecule has 0 bridgehead atoms. The number of carbonyl (C=O) groups excluding carboxylic acids is 1. The van der Waals surface area contributed by atoms with E-state index in [9.17, 15) is 9.90 Å². The lowest BCUT2D eigenvalue weighted by Gasteiger charge is -2.23. The van der Waals surface area contributed by atoms with Gasteiger partial charge in [-0.15, -0.1) is 0 Å². The molecule has 78 valence electrons. The van der Waals surface area contributed by atoms with Crippen molar-refractivity contribution in [1.82, 2.24) is 0 Å². The zero-order valence-corrected chi connectivity index (χ0v) is 8.68. The SMILES string of the molecule is C[C@H]1C[C@@H](O)C(=O)C=C1c1ccccc1. The number of aliphatic hydroxyl groups excluding tert-OH is 1. The van der Waals surface area contributed by atoms with Gasteiger partial charge in [-0.1, -0.05) is 37.3 Å². The molecule has 2 heteroatoms. The summed E-state index contributed by atoms with van der Waals surface area (Å²) in [4.78, 5) is 11.4. The smallest absolute Gasteiger partial charge is 0.184 e. The first-order chi connectivity index (χ1) is 7.18. The van der Waals surface area contributed by atoms with Crippen LogP contribution in [-0.2, 0) is 4.79 Å². The van der Waals surface area contributed by atoms with Crippen LogP contribution in [0.3, 0.4) is 0 Å². The van der Waals surface area contributed by atoms with Gasteiger partial charge in [-0.05, 0) is 29.6 Å². The maximum Gasteiger partial charge on any atom is 0.184 e. The summed E-state index contributed by atoms with van der Waals surface area (Å²) in [5.74, 6) is 0.0621. The van der Waals surface area contributed by atoms with Crippen LogP contribution in [0.1, 0.15) is 18.9 Å². The Morgan fingerprint density at radius 2 is 1.93 bits per heavy atom. The third kappa shape index (κ3) is 2.00. The molecule has 0 saturated heterocycles. The number of benzene rings is 1. The van der Waals surface area contributed by atoms with Crippen LogP contribution in [-0.4, -0.2) is 17.0 Å². The Morgan fingerprint density at radius 1 is 1.27 bits per heavy atom. The monoisotopic (exact) mass is 202 g/mol. The molecule has 0 heterocycles. The molecule has 0 aromatic heterocycles. The van der Waals surface area contributed by atoms with Gasteiger partial charge in [-0.25, -0.2) is 0 Å². The fraction of sp³-hybridized carbons (Fsp3) is 0.308. The van der Waals surface area contributed by atoms with Gasteiger partial charge < -0.3 is 5.11 Å². The third-order valence-corrected chi connectivity index (χ3v) is 2.84. The summed E-state index contributed by atoms with van der Waals surface area (Å²) < 4.78 is 0. The van der Waals surface area contributed by atoms with Crippen molar-refractivity contribution < 1.29 is 9.90 Å². The second-order valence-corrected chi connectivity index (χ2v) is 4.02. The highest BCUT2D eigenvalue weighted by atomic mass is 16.3. The van der Waals surface area contributed by atoms with E-state index in [-0.39, 0.29) is 11.7 Å². The number of hydrogen-bond donors (Lipinski definition) is 1. The fourth-order valence-corrected chi connectivity index (χ4v) is 1.97. The Balaban J connectivity index is 2.37. The minimum absolute atomic E-state index is 0.174. The van der Waals surface area contributed by atoms with Crippen LogP contribution in [0.2, 0.25) is 0 Å². The van der Waals surface area contributed by atoms with Crippen molar-refractivity contribution in [1.29, 1.82) is 0 Å². The van der Waals surface area contributed by atoms with E-state index in [4.69, 9.17) is 0 Å². The Morgan fingerprint density at radius 3 is 2.60 bits per heavy atom. The van der Waals surface area contributed by atoms with Crippen LogP contribution in [0, 0.1) is 5.92 Å². The standard InChI is InChI=1S/C13H14O2/c1-9-7-12(14)13(15)8-11(9)10-5-3-2-4-6-10/h2-6,8-9,12,14H,7H2,1H3/t9-,12+/m0/s1. The minimum Gasteiger partial charge on any atom is -0.385 e. The van der Waals surface area contributed by atoms with Gasteiger partial charge in [0, 0.05) is 0 Å². The Kier molecular flexibility index (Phi) is 2.69. The van der Waals surface area contributed by atoms with E-state index in [0.717, 1.165) is 11.1 Å². The summed E-state index contributed by atoms with van der Waals surface area (Å²) in [7, 11) is 0. The number of carbonyl (C=O) groups is 1. The van der Waals surface area contributed by atoms with Gasteiger partial charge in [0.2, 0.25) is 0 Å². The van der Waals surface area contributed by atoms with Crippen LogP contribution in [0.25, 0.3) is 5.57 Å². The molecular weight excluding hydrogens is 188 g/mol. The second kappa shape index (κ2) is 3.99. The zero-order chi connectivity index (χ0) is 10.8. The second-order valence-electron chi connectivity index (χ2n) is 4.02. The first kappa shape index (κ1) is 10.1. The van der Waals surface area contributed by atoms with Crippen molar-refractivity contribution in [2.45, 2.75) is 19.4 Å². The average Bonchev–Trinajstić information content (AvgIpc) is 2.25. The number of ketones is 1. The van der Waals surface area contributed by atoms with Crippen LogP contribution in [0.15, 0.2) is 36.4 Å². The number of hydrogen-bond acceptors (Lipinski definition) is 2. The summed E-state index contributed by atoms with van der Waals surface area (Å²) in [6, 6.07) is 9.85. The van der Waals surface area contributed by atoms with Crippen LogP contribution in [0.4, 0.5) is 0 Å². The number of rotatable bonds is 1. The molecule has 0 aliphatic heterocycles. The summed E-state index contributed by atoms with van der Waals surface area (Å²) >= 11 is 0. The van der Waals surface area contributed by atoms with Crippen molar-refractivity contribution in [3.63, 3.8) is 0 Å². The molecule has 0 saturated carbocycles. The molecule has 1 aromatic carbocycles. The highest BCUT2D eigenvalue weighted by molar-refractivity contribution is 6.01. The molecule has 1 aliphatic carbocycles. The normalized spacial score (nSPS) is 26.3. The number of aliphatic hydroxyl groups is 1. The van der Waals surface area contributed by atoms with Gasteiger partial charge >= 0.3 is 0 Å². The van der Waals surface area contributed by atoms with E-state index in [1.165, 1.54) is 0 Å². The predicted molar refractivity (Wildman–Crippen MR) is 59.2 cm³/mol. The molecule has 0 amide bonds. The zero-order valence-electron chi connectivity index (χ0n) is 8.68. The molecule has 1 aliphatic rings. The molecule has 0 fully saturated rings. The average molecular weight is 202 g/mol. The molecule has 0 radical (unpaired) electrons. The van der Waals surface area contributed by atoms with Gasteiger partial charge in [-0.3, -0.25) is 4.79 Å². The highest BCUT2D eigenvalue weighted by Gasteiger charge is 2.25. The number of allylic oxidation sites excluding steroid dienone is 1. The van der Waals surface area contributed by atoms with Crippen LogP contribution < -0.4 is 0 Å². The van der Waals surface area contributed by atoms with E-state index in [1.54, 1.807) is 6.08 Å². The maximum absolute atomic E-state index is 11.4. The largest absolute Gasteiger partial charge is 0.385 e. The van der Waals surface area contributed by atoms with E-state index in [2.05, 4.69) is 0 Å². The van der Waals surface area contributed by atoms with E-state index >= 15 is 0 Å². The van der Waals surface area contributed by atoms with E-state index in [0.29, 0.717) is 6.42 Å². The van der Waals surface area contributed by atoms with Gasteiger partial charge in [0.25, 0.3) is 0 Å². The van der Waals surface area contributed by atoms with Gasteiger partial charge in [-0.2, -0.15) is 0 Å². The molecule has 0 unspecified atom stereocenters. The summed E-state index contributed by atoms with van der Waals surface area (Å²) in [5, 5.41) is 9.42. The van der Waals surface area contributed by atoms with E-state index < -0.39 is 6.10 Å². The topological polar surface area (TPSA) is 37.3 Å². The van der Waals surface area contributed by atoms with Crippen LogP contribution >= 0.6 is 0 Å². The molecule has 0 spiro atoms. The molecular formula is C13H14O2. The van der Waals surface area contributed by atoms with Crippen molar-refractivity contribution in [3.05, 3.63) is 42.0 Å². The summed E-state index contributed by atoms with van der Waals surface area (Å²) in [6.45, 7) is 2.04. The fourth-order valence-electron chi connectivity index (χ4n) is 1.97. The molecule has 1 aromatic rings. The molecule has 2 atom stereocenters. The highest BCUT2D eigenvalue weighted by Crippen LogP contribution is 2.30. The molecule has 1 N–H and O–H groups in total.